The molecule has 1 spiro atoms. The highest BCUT2D eigenvalue weighted by molar-refractivity contribution is 6.06. The van der Waals surface area contributed by atoms with E-state index in [0.29, 0.717) is 17.7 Å². The molecule has 2 rings (SSSR count). The minimum atomic E-state index is -0.289. The van der Waals surface area contributed by atoms with Crippen LogP contribution in [0.3, 0.4) is 0 Å². The third-order valence-corrected chi connectivity index (χ3v) is 4.51. The molecular weight excluding hydrogens is 238 g/mol. The quantitative estimate of drug-likeness (QED) is 0.852. The number of aliphatic imine (C=N–C) groups is 1. The number of amidine groups is 1. The first-order valence-electron chi connectivity index (χ1n) is 7.54. The number of amides is 2. The SMILES string of the molecule is CC(C)CC1CCCC2(C1)C(N)=NC(=O)N2C(C)C. The fourth-order valence-electron chi connectivity index (χ4n) is 3.97. The Morgan fingerprint density at radius 1 is 1.42 bits per heavy atom. The average molecular weight is 265 g/mol. The summed E-state index contributed by atoms with van der Waals surface area (Å²) in [5.41, 5.74) is 5.85. The number of hydrogen-bond donors (Lipinski definition) is 1. The predicted molar refractivity (Wildman–Crippen MR) is 78.1 cm³/mol. The fraction of sp³-hybridized carbons (Fsp3) is 0.867. The zero-order valence-electron chi connectivity index (χ0n) is 12.6. The third-order valence-electron chi connectivity index (χ3n) is 4.51. The zero-order chi connectivity index (χ0) is 14.2. The van der Waals surface area contributed by atoms with E-state index in [1.807, 2.05) is 4.90 Å². The molecule has 4 heteroatoms. The molecule has 1 heterocycles. The van der Waals surface area contributed by atoms with Gasteiger partial charge in [0.2, 0.25) is 0 Å². The monoisotopic (exact) mass is 265 g/mol. The first-order valence-corrected chi connectivity index (χ1v) is 7.54. The van der Waals surface area contributed by atoms with Gasteiger partial charge in [-0.25, -0.2) is 4.79 Å². The van der Waals surface area contributed by atoms with Crippen molar-refractivity contribution in [2.75, 3.05) is 0 Å². The van der Waals surface area contributed by atoms with E-state index in [1.165, 1.54) is 12.8 Å². The lowest BCUT2D eigenvalue weighted by Crippen LogP contribution is -2.58. The van der Waals surface area contributed by atoms with Crippen molar-refractivity contribution in [1.29, 1.82) is 0 Å². The fourth-order valence-corrected chi connectivity index (χ4v) is 3.97. The van der Waals surface area contributed by atoms with Crippen LogP contribution in [0.5, 0.6) is 0 Å². The lowest BCUT2D eigenvalue weighted by molar-refractivity contribution is 0.0930. The Labute approximate surface area is 116 Å². The van der Waals surface area contributed by atoms with Crippen molar-refractivity contribution in [2.45, 2.75) is 71.4 Å². The molecule has 19 heavy (non-hydrogen) atoms. The highest BCUT2D eigenvalue weighted by Crippen LogP contribution is 2.43. The molecule has 0 aromatic rings. The summed E-state index contributed by atoms with van der Waals surface area (Å²) in [5, 5.41) is 0. The molecule has 0 saturated heterocycles. The summed E-state index contributed by atoms with van der Waals surface area (Å²) in [7, 11) is 0. The molecule has 0 aromatic heterocycles. The van der Waals surface area contributed by atoms with E-state index in [1.54, 1.807) is 0 Å². The normalized spacial score (nSPS) is 31.7. The van der Waals surface area contributed by atoms with Crippen LogP contribution < -0.4 is 5.73 Å². The Hall–Kier alpha value is -1.06. The predicted octanol–water partition coefficient (Wildman–Crippen LogP) is 3.16. The average Bonchev–Trinajstić information content (AvgIpc) is 2.49. The van der Waals surface area contributed by atoms with Crippen molar-refractivity contribution in [3.8, 4) is 0 Å². The van der Waals surface area contributed by atoms with Gasteiger partial charge in [0.05, 0.1) is 0 Å². The van der Waals surface area contributed by atoms with Crippen LogP contribution in [0.1, 0.15) is 59.8 Å². The van der Waals surface area contributed by atoms with Crippen molar-refractivity contribution in [1.82, 2.24) is 4.90 Å². The minimum absolute atomic E-state index is 0.141. The Morgan fingerprint density at radius 2 is 2.11 bits per heavy atom. The Morgan fingerprint density at radius 3 is 2.68 bits per heavy atom. The van der Waals surface area contributed by atoms with Crippen LogP contribution in [0.15, 0.2) is 4.99 Å². The number of rotatable bonds is 3. The van der Waals surface area contributed by atoms with Crippen LogP contribution in [0.2, 0.25) is 0 Å². The maximum atomic E-state index is 12.1. The van der Waals surface area contributed by atoms with E-state index in [2.05, 4.69) is 32.7 Å². The first-order chi connectivity index (χ1) is 8.86. The molecule has 1 fully saturated rings. The molecule has 2 N–H and O–H groups in total. The Bertz CT molecular complexity index is 389. The standard InChI is InChI=1S/C15H27N3O/c1-10(2)8-12-6-5-7-15(9-12)13(16)17-14(19)18(15)11(3)4/h10-12H,5-9H2,1-4H3,(H2,16,17,19). The summed E-state index contributed by atoms with van der Waals surface area (Å²) in [6.07, 6.45) is 5.58. The van der Waals surface area contributed by atoms with E-state index in [4.69, 9.17) is 5.73 Å². The number of urea groups is 1. The first kappa shape index (κ1) is 14.4. The van der Waals surface area contributed by atoms with Gasteiger partial charge in [0.25, 0.3) is 0 Å². The number of hydrogen-bond acceptors (Lipinski definition) is 2. The van der Waals surface area contributed by atoms with E-state index >= 15 is 0 Å². The van der Waals surface area contributed by atoms with Gasteiger partial charge in [-0.05, 0) is 44.9 Å². The van der Waals surface area contributed by atoms with Crippen molar-refractivity contribution in [3.63, 3.8) is 0 Å². The highest BCUT2D eigenvalue weighted by atomic mass is 16.2. The Kier molecular flexibility index (Phi) is 3.88. The molecule has 108 valence electrons. The molecule has 1 saturated carbocycles. The maximum absolute atomic E-state index is 12.1. The van der Waals surface area contributed by atoms with Crippen LogP contribution in [-0.2, 0) is 0 Å². The van der Waals surface area contributed by atoms with Gasteiger partial charge >= 0.3 is 6.03 Å². The summed E-state index contributed by atoms with van der Waals surface area (Å²) in [5.74, 6) is 1.91. The molecule has 0 bridgehead atoms. The van der Waals surface area contributed by atoms with Crippen molar-refractivity contribution in [3.05, 3.63) is 0 Å². The van der Waals surface area contributed by atoms with Crippen molar-refractivity contribution < 1.29 is 4.79 Å². The van der Waals surface area contributed by atoms with Gasteiger partial charge in [-0.3, -0.25) is 0 Å². The number of nitrogens with two attached hydrogens (primary N) is 1. The third kappa shape index (κ3) is 2.49. The van der Waals surface area contributed by atoms with Crippen LogP contribution in [-0.4, -0.2) is 28.3 Å². The van der Waals surface area contributed by atoms with Gasteiger partial charge in [0, 0.05) is 6.04 Å². The number of nitrogens with zero attached hydrogens (tertiary/aromatic N) is 2. The molecule has 2 aliphatic rings. The smallest absolute Gasteiger partial charge is 0.346 e. The molecule has 2 atom stereocenters. The summed E-state index contributed by atoms with van der Waals surface area (Å²) >= 11 is 0. The summed E-state index contributed by atoms with van der Waals surface area (Å²) in [6.45, 7) is 8.64. The Balaban J connectivity index is 2.24. The second-order valence-electron chi connectivity index (χ2n) is 6.87. The van der Waals surface area contributed by atoms with Gasteiger partial charge in [-0.15, -0.1) is 0 Å². The van der Waals surface area contributed by atoms with Crippen LogP contribution in [0.25, 0.3) is 0 Å². The topological polar surface area (TPSA) is 58.7 Å². The van der Waals surface area contributed by atoms with E-state index in [-0.39, 0.29) is 17.6 Å². The van der Waals surface area contributed by atoms with Gasteiger partial charge in [0.15, 0.2) is 0 Å². The molecule has 2 unspecified atom stereocenters. The van der Waals surface area contributed by atoms with Crippen LogP contribution >= 0.6 is 0 Å². The maximum Gasteiger partial charge on any atom is 0.346 e. The number of carbonyl (C=O) groups is 1. The van der Waals surface area contributed by atoms with Gasteiger partial charge in [-0.2, -0.15) is 4.99 Å². The van der Waals surface area contributed by atoms with Crippen molar-refractivity contribution >= 4 is 11.9 Å². The molecule has 0 radical (unpaired) electrons. The van der Waals surface area contributed by atoms with E-state index < -0.39 is 0 Å². The van der Waals surface area contributed by atoms with Gasteiger partial charge < -0.3 is 10.6 Å². The van der Waals surface area contributed by atoms with E-state index in [9.17, 15) is 4.79 Å². The summed E-state index contributed by atoms with van der Waals surface area (Å²) in [6, 6.07) is 0.0211. The van der Waals surface area contributed by atoms with E-state index in [0.717, 1.165) is 19.3 Å². The molecule has 2 amide bonds. The lowest BCUT2D eigenvalue weighted by Gasteiger charge is -2.46. The van der Waals surface area contributed by atoms with Crippen LogP contribution in [0.4, 0.5) is 4.79 Å². The van der Waals surface area contributed by atoms with Gasteiger partial charge in [0.1, 0.15) is 11.4 Å². The van der Waals surface area contributed by atoms with Gasteiger partial charge in [-0.1, -0.05) is 26.7 Å². The largest absolute Gasteiger partial charge is 0.385 e. The van der Waals surface area contributed by atoms with Crippen molar-refractivity contribution in [2.24, 2.45) is 22.6 Å². The molecule has 0 aromatic carbocycles. The minimum Gasteiger partial charge on any atom is -0.385 e. The lowest BCUT2D eigenvalue weighted by atomic mass is 9.71. The molecule has 1 aliphatic heterocycles. The highest BCUT2D eigenvalue weighted by Gasteiger charge is 2.51. The summed E-state index contributed by atoms with van der Waals surface area (Å²) < 4.78 is 0. The molecule has 4 nitrogen and oxygen atoms in total. The second-order valence-corrected chi connectivity index (χ2v) is 6.87. The molecular formula is C15H27N3O. The molecule has 1 aliphatic carbocycles. The second kappa shape index (κ2) is 5.14. The number of carbonyl (C=O) groups excluding carboxylic acids is 1. The van der Waals surface area contributed by atoms with Crippen LogP contribution in [0, 0.1) is 11.8 Å². The zero-order valence-corrected chi connectivity index (χ0v) is 12.6. The summed E-state index contributed by atoms with van der Waals surface area (Å²) in [4.78, 5) is 18.1.